The monoisotopic (exact) mass is 317 g/mol. The highest BCUT2D eigenvalue weighted by Gasteiger charge is 2.30. The van der Waals surface area contributed by atoms with E-state index in [9.17, 15) is 13.2 Å². The number of rotatable bonds is 4. The number of anilines is 1. The van der Waals surface area contributed by atoms with Gasteiger partial charge in [0, 0.05) is 16.5 Å². The van der Waals surface area contributed by atoms with Crippen LogP contribution in [0.25, 0.3) is 0 Å². The topological polar surface area (TPSA) is 64.9 Å². The van der Waals surface area contributed by atoms with Crippen LogP contribution in [0.2, 0.25) is 0 Å². The zero-order chi connectivity index (χ0) is 15.6. The van der Waals surface area contributed by atoms with Crippen molar-refractivity contribution in [3.05, 3.63) is 35.5 Å². The van der Waals surface area contributed by atoms with Crippen LogP contribution in [0.5, 0.6) is 0 Å². The second kappa shape index (κ2) is 5.97. The molecule has 4 nitrogen and oxygen atoms in total. The molecule has 0 aliphatic carbocycles. The van der Waals surface area contributed by atoms with Gasteiger partial charge in [0.2, 0.25) is 5.89 Å². The molecule has 0 unspecified atom stereocenters. The standard InChI is InChI=1S/C13H14F3N3OS/c1-7(2)12-18-11(19-20-12)6-21-10-4-3-8(5-9(10)17)13(14,15)16/h3-5,7H,6,17H2,1-2H3. The lowest BCUT2D eigenvalue weighted by atomic mass is 10.2. The molecule has 0 saturated carbocycles. The van der Waals surface area contributed by atoms with E-state index in [1.807, 2.05) is 13.8 Å². The summed E-state index contributed by atoms with van der Waals surface area (Å²) in [6.07, 6.45) is -4.39. The van der Waals surface area contributed by atoms with Crippen molar-refractivity contribution in [2.45, 2.75) is 36.6 Å². The fraction of sp³-hybridized carbons (Fsp3) is 0.385. The molecule has 1 heterocycles. The van der Waals surface area contributed by atoms with E-state index in [-0.39, 0.29) is 11.6 Å². The molecule has 2 N–H and O–H groups in total. The average molecular weight is 317 g/mol. The second-order valence-electron chi connectivity index (χ2n) is 4.74. The van der Waals surface area contributed by atoms with Gasteiger partial charge in [-0.05, 0) is 18.2 Å². The summed E-state index contributed by atoms with van der Waals surface area (Å²) in [5.74, 6) is 1.53. The lowest BCUT2D eigenvalue weighted by Crippen LogP contribution is -2.05. The molecule has 2 rings (SSSR count). The quantitative estimate of drug-likeness (QED) is 0.680. The first kappa shape index (κ1) is 15.7. The molecule has 0 saturated heterocycles. The minimum absolute atomic E-state index is 0.0856. The van der Waals surface area contributed by atoms with E-state index >= 15 is 0 Å². The van der Waals surface area contributed by atoms with Crippen LogP contribution < -0.4 is 5.73 Å². The molecular weight excluding hydrogens is 303 g/mol. The fourth-order valence-corrected chi connectivity index (χ4v) is 2.35. The smallest absolute Gasteiger partial charge is 0.398 e. The van der Waals surface area contributed by atoms with Crippen molar-refractivity contribution in [2.75, 3.05) is 5.73 Å². The summed E-state index contributed by atoms with van der Waals surface area (Å²) in [5, 5.41) is 3.81. The number of nitrogens with zero attached hydrogens (tertiary/aromatic N) is 2. The first-order chi connectivity index (χ1) is 9.77. The number of halogens is 3. The number of hydrogen-bond donors (Lipinski definition) is 1. The van der Waals surface area contributed by atoms with Crippen molar-refractivity contribution in [2.24, 2.45) is 0 Å². The first-order valence-corrected chi connectivity index (χ1v) is 7.18. The zero-order valence-electron chi connectivity index (χ0n) is 11.4. The minimum Gasteiger partial charge on any atom is -0.398 e. The molecule has 1 aromatic carbocycles. The molecule has 114 valence electrons. The van der Waals surface area contributed by atoms with E-state index in [4.69, 9.17) is 10.3 Å². The summed E-state index contributed by atoms with van der Waals surface area (Å²) in [6, 6.07) is 3.29. The molecule has 0 aliphatic heterocycles. The molecule has 0 radical (unpaired) electrons. The van der Waals surface area contributed by atoms with Gasteiger partial charge in [-0.15, -0.1) is 11.8 Å². The average Bonchev–Trinajstić information content (AvgIpc) is 2.85. The summed E-state index contributed by atoms with van der Waals surface area (Å²) >= 11 is 1.27. The Morgan fingerprint density at radius 2 is 2.05 bits per heavy atom. The Kier molecular flexibility index (Phi) is 4.46. The second-order valence-corrected chi connectivity index (χ2v) is 5.76. The van der Waals surface area contributed by atoms with E-state index in [1.165, 1.54) is 17.8 Å². The van der Waals surface area contributed by atoms with Gasteiger partial charge in [-0.3, -0.25) is 0 Å². The summed E-state index contributed by atoms with van der Waals surface area (Å²) in [4.78, 5) is 4.75. The van der Waals surface area contributed by atoms with Crippen LogP contribution in [0.15, 0.2) is 27.6 Å². The summed E-state index contributed by atoms with van der Waals surface area (Å²) in [7, 11) is 0. The summed E-state index contributed by atoms with van der Waals surface area (Å²) in [5.41, 5.74) is 4.98. The van der Waals surface area contributed by atoms with Gasteiger partial charge >= 0.3 is 6.18 Å². The minimum atomic E-state index is -4.39. The molecular formula is C13H14F3N3OS. The van der Waals surface area contributed by atoms with Gasteiger partial charge in [-0.25, -0.2) is 0 Å². The number of alkyl halides is 3. The maximum Gasteiger partial charge on any atom is 0.416 e. The van der Waals surface area contributed by atoms with Gasteiger partial charge in [-0.2, -0.15) is 18.2 Å². The third-order valence-electron chi connectivity index (χ3n) is 2.67. The molecule has 0 atom stereocenters. The van der Waals surface area contributed by atoms with Gasteiger partial charge in [-0.1, -0.05) is 19.0 Å². The molecule has 0 amide bonds. The van der Waals surface area contributed by atoms with Crippen molar-refractivity contribution in [3.8, 4) is 0 Å². The molecule has 21 heavy (non-hydrogen) atoms. The van der Waals surface area contributed by atoms with Crippen LogP contribution in [-0.2, 0) is 11.9 Å². The highest BCUT2D eigenvalue weighted by atomic mass is 32.2. The predicted octanol–water partition coefficient (Wildman–Crippen LogP) is 4.09. The van der Waals surface area contributed by atoms with Crippen molar-refractivity contribution in [1.82, 2.24) is 10.1 Å². The Bertz CT molecular complexity index is 625. The van der Waals surface area contributed by atoms with Gasteiger partial charge in [0.1, 0.15) is 0 Å². The van der Waals surface area contributed by atoms with E-state index in [2.05, 4.69) is 10.1 Å². The van der Waals surface area contributed by atoms with Crippen molar-refractivity contribution in [1.29, 1.82) is 0 Å². The summed E-state index contributed by atoms with van der Waals surface area (Å²) < 4.78 is 42.7. The number of benzene rings is 1. The van der Waals surface area contributed by atoms with E-state index in [0.717, 1.165) is 12.1 Å². The molecule has 0 bridgehead atoms. The Labute approximate surface area is 123 Å². The molecule has 0 fully saturated rings. The number of nitrogen functional groups attached to an aromatic ring is 1. The van der Waals surface area contributed by atoms with Gasteiger partial charge in [0.25, 0.3) is 0 Å². The van der Waals surface area contributed by atoms with Gasteiger partial charge < -0.3 is 10.3 Å². The predicted molar refractivity (Wildman–Crippen MR) is 73.8 cm³/mol. The van der Waals surface area contributed by atoms with Crippen molar-refractivity contribution < 1.29 is 17.7 Å². The third-order valence-corrected chi connectivity index (χ3v) is 3.76. The van der Waals surface area contributed by atoms with E-state index < -0.39 is 11.7 Å². The van der Waals surface area contributed by atoms with Crippen LogP contribution in [0.4, 0.5) is 18.9 Å². The van der Waals surface area contributed by atoms with Gasteiger partial charge in [0.05, 0.1) is 11.3 Å². The Balaban J connectivity index is 2.06. The number of nitrogens with two attached hydrogens (primary N) is 1. The first-order valence-electron chi connectivity index (χ1n) is 6.19. The lowest BCUT2D eigenvalue weighted by Gasteiger charge is -2.09. The zero-order valence-corrected chi connectivity index (χ0v) is 12.3. The van der Waals surface area contributed by atoms with Crippen LogP contribution in [-0.4, -0.2) is 10.1 Å². The van der Waals surface area contributed by atoms with Crippen molar-refractivity contribution in [3.63, 3.8) is 0 Å². The third kappa shape index (κ3) is 3.90. The molecule has 0 aliphatic rings. The molecule has 2 aromatic rings. The van der Waals surface area contributed by atoms with Crippen molar-refractivity contribution >= 4 is 17.4 Å². The van der Waals surface area contributed by atoms with Crippen LogP contribution >= 0.6 is 11.8 Å². The van der Waals surface area contributed by atoms with Gasteiger partial charge in [0.15, 0.2) is 5.82 Å². The largest absolute Gasteiger partial charge is 0.416 e. The molecule has 0 spiro atoms. The van der Waals surface area contributed by atoms with Crippen LogP contribution in [0.1, 0.15) is 37.0 Å². The fourth-order valence-electron chi connectivity index (χ4n) is 1.56. The normalized spacial score (nSPS) is 12.1. The highest BCUT2D eigenvalue weighted by molar-refractivity contribution is 7.98. The number of aromatic nitrogens is 2. The van der Waals surface area contributed by atoms with Crippen LogP contribution in [0, 0.1) is 0 Å². The summed E-state index contributed by atoms with van der Waals surface area (Å²) in [6.45, 7) is 3.86. The Morgan fingerprint density at radius 1 is 1.33 bits per heavy atom. The SMILES string of the molecule is CC(C)c1nc(CSc2ccc(C(F)(F)F)cc2N)no1. The van der Waals surface area contributed by atoms with E-state index in [1.54, 1.807) is 0 Å². The Morgan fingerprint density at radius 3 is 2.57 bits per heavy atom. The van der Waals surface area contributed by atoms with Crippen LogP contribution in [0.3, 0.4) is 0 Å². The lowest BCUT2D eigenvalue weighted by molar-refractivity contribution is -0.137. The number of hydrogen-bond acceptors (Lipinski definition) is 5. The maximum absolute atomic E-state index is 12.5. The van der Waals surface area contributed by atoms with E-state index in [0.29, 0.717) is 22.4 Å². The number of thioether (sulfide) groups is 1. The maximum atomic E-state index is 12.5. The molecule has 1 aromatic heterocycles. The highest BCUT2D eigenvalue weighted by Crippen LogP contribution is 2.35. The molecule has 8 heteroatoms. The Hall–Kier alpha value is -1.70.